The SMILES string of the molecule is Cc1cc(F)cc(NC(=O)c2ccc(F)cc2O)c1. The van der Waals surface area contributed by atoms with Gasteiger partial charge in [0.1, 0.15) is 17.4 Å². The Kier molecular flexibility index (Phi) is 3.46. The van der Waals surface area contributed by atoms with Crippen LogP contribution in [0.25, 0.3) is 0 Å². The van der Waals surface area contributed by atoms with Crippen molar-refractivity contribution in [2.45, 2.75) is 6.92 Å². The van der Waals surface area contributed by atoms with Gasteiger partial charge in [-0.2, -0.15) is 0 Å². The van der Waals surface area contributed by atoms with Gasteiger partial charge in [-0.25, -0.2) is 8.78 Å². The Balaban J connectivity index is 2.25. The quantitative estimate of drug-likeness (QED) is 0.873. The lowest BCUT2D eigenvalue weighted by molar-refractivity contribution is 0.102. The summed E-state index contributed by atoms with van der Waals surface area (Å²) in [5.41, 5.74) is 0.841. The molecule has 0 radical (unpaired) electrons. The third-order valence-corrected chi connectivity index (χ3v) is 2.50. The van der Waals surface area contributed by atoms with Crippen LogP contribution in [0, 0.1) is 18.6 Å². The number of hydrogen-bond donors (Lipinski definition) is 2. The predicted octanol–water partition coefficient (Wildman–Crippen LogP) is 3.23. The number of benzene rings is 2. The normalized spacial score (nSPS) is 10.3. The lowest BCUT2D eigenvalue weighted by Crippen LogP contribution is -2.12. The number of amides is 1. The monoisotopic (exact) mass is 263 g/mol. The number of carbonyl (C=O) groups is 1. The van der Waals surface area contributed by atoms with Crippen molar-refractivity contribution in [1.82, 2.24) is 0 Å². The number of aryl methyl sites for hydroxylation is 1. The van der Waals surface area contributed by atoms with Crippen molar-refractivity contribution in [1.29, 1.82) is 0 Å². The Morgan fingerprint density at radius 1 is 1.11 bits per heavy atom. The Morgan fingerprint density at radius 3 is 2.47 bits per heavy atom. The zero-order chi connectivity index (χ0) is 14.0. The minimum atomic E-state index is -0.643. The third-order valence-electron chi connectivity index (χ3n) is 2.50. The maximum absolute atomic E-state index is 13.2. The highest BCUT2D eigenvalue weighted by Gasteiger charge is 2.12. The fraction of sp³-hybridized carbons (Fsp3) is 0.0714. The van der Waals surface area contributed by atoms with Gasteiger partial charge in [-0.15, -0.1) is 0 Å². The second-order valence-corrected chi connectivity index (χ2v) is 4.13. The van der Waals surface area contributed by atoms with E-state index >= 15 is 0 Å². The topological polar surface area (TPSA) is 49.3 Å². The minimum Gasteiger partial charge on any atom is -0.507 e. The molecule has 2 N–H and O–H groups in total. The fourth-order valence-corrected chi connectivity index (χ4v) is 1.70. The molecule has 2 aromatic rings. The van der Waals surface area contributed by atoms with E-state index in [-0.39, 0.29) is 11.3 Å². The summed E-state index contributed by atoms with van der Waals surface area (Å²) in [6.07, 6.45) is 0. The number of hydrogen-bond acceptors (Lipinski definition) is 2. The van der Waals surface area contributed by atoms with Crippen molar-refractivity contribution in [3.63, 3.8) is 0 Å². The molecule has 0 saturated carbocycles. The van der Waals surface area contributed by atoms with Crippen molar-refractivity contribution >= 4 is 11.6 Å². The van der Waals surface area contributed by atoms with Gasteiger partial charge < -0.3 is 10.4 Å². The summed E-state index contributed by atoms with van der Waals surface area (Å²) >= 11 is 0. The molecule has 98 valence electrons. The Bertz CT molecular complexity index is 621. The van der Waals surface area contributed by atoms with Gasteiger partial charge >= 0.3 is 0 Å². The van der Waals surface area contributed by atoms with E-state index in [2.05, 4.69) is 5.32 Å². The first kappa shape index (κ1) is 13.0. The molecule has 2 rings (SSSR count). The lowest BCUT2D eigenvalue weighted by atomic mass is 10.1. The second-order valence-electron chi connectivity index (χ2n) is 4.13. The van der Waals surface area contributed by atoms with Crippen LogP contribution in [0.2, 0.25) is 0 Å². The van der Waals surface area contributed by atoms with Gasteiger partial charge in [0.2, 0.25) is 0 Å². The minimum absolute atomic E-state index is 0.0803. The molecular formula is C14H11F2NO2. The van der Waals surface area contributed by atoms with E-state index in [1.165, 1.54) is 6.07 Å². The molecule has 5 heteroatoms. The first-order valence-electron chi connectivity index (χ1n) is 5.53. The van der Waals surface area contributed by atoms with Gasteiger partial charge in [-0.3, -0.25) is 4.79 Å². The molecule has 0 atom stereocenters. The number of carbonyl (C=O) groups excluding carboxylic acids is 1. The number of phenols is 1. The maximum atomic E-state index is 13.2. The van der Waals surface area contributed by atoms with Crippen molar-refractivity contribution in [2.75, 3.05) is 5.32 Å². The summed E-state index contributed by atoms with van der Waals surface area (Å²) < 4.78 is 26.0. The number of rotatable bonds is 2. The molecule has 0 saturated heterocycles. The zero-order valence-corrected chi connectivity index (χ0v) is 10.1. The van der Waals surface area contributed by atoms with E-state index in [1.54, 1.807) is 13.0 Å². The molecule has 0 bridgehead atoms. The van der Waals surface area contributed by atoms with Crippen molar-refractivity contribution in [3.8, 4) is 5.75 Å². The average molecular weight is 263 g/mol. The van der Waals surface area contributed by atoms with Crippen molar-refractivity contribution < 1.29 is 18.7 Å². The Morgan fingerprint density at radius 2 is 1.84 bits per heavy atom. The number of aromatic hydroxyl groups is 1. The smallest absolute Gasteiger partial charge is 0.259 e. The van der Waals surface area contributed by atoms with Crippen LogP contribution >= 0.6 is 0 Å². The van der Waals surface area contributed by atoms with Gasteiger partial charge in [0, 0.05) is 11.8 Å². The van der Waals surface area contributed by atoms with Crippen LogP contribution < -0.4 is 5.32 Å². The third kappa shape index (κ3) is 3.07. The van der Waals surface area contributed by atoms with E-state index in [0.29, 0.717) is 5.56 Å². The summed E-state index contributed by atoms with van der Waals surface area (Å²) in [6.45, 7) is 1.69. The summed E-state index contributed by atoms with van der Waals surface area (Å²) in [6, 6.07) is 7.13. The second kappa shape index (κ2) is 5.06. The first-order chi connectivity index (χ1) is 8.95. The summed E-state index contributed by atoms with van der Waals surface area (Å²) in [5.74, 6) is -2.22. The van der Waals surface area contributed by atoms with E-state index in [4.69, 9.17) is 0 Å². The van der Waals surface area contributed by atoms with E-state index < -0.39 is 23.3 Å². The van der Waals surface area contributed by atoms with Crippen molar-refractivity contribution in [3.05, 3.63) is 59.2 Å². The fourth-order valence-electron chi connectivity index (χ4n) is 1.70. The summed E-state index contributed by atoms with van der Waals surface area (Å²) in [5, 5.41) is 11.9. The number of phenolic OH excluding ortho intramolecular Hbond substituents is 1. The molecule has 0 unspecified atom stereocenters. The number of nitrogens with one attached hydrogen (secondary N) is 1. The largest absolute Gasteiger partial charge is 0.507 e. The zero-order valence-electron chi connectivity index (χ0n) is 10.1. The Hall–Kier alpha value is -2.43. The molecule has 1 amide bonds. The number of anilines is 1. The average Bonchev–Trinajstić information content (AvgIpc) is 2.26. The lowest BCUT2D eigenvalue weighted by Gasteiger charge is -2.08. The van der Waals surface area contributed by atoms with E-state index in [0.717, 1.165) is 24.3 Å². The van der Waals surface area contributed by atoms with Gasteiger partial charge in [0.25, 0.3) is 5.91 Å². The van der Waals surface area contributed by atoms with Gasteiger partial charge in [-0.05, 0) is 42.8 Å². The molecule has 2 aromatic carbocycles. The molecule has 3 nitrogen and oxygen atoms in total. The molecule has 0 fully saturated rings. The summed E-state index contributed by atoms with van der Waals surface area (Å²) in [4.78, 5) is 11.9. The van der Waals surface area contributed by atoms with Gasteiger partial charge in [0.15, 0.2) is 0 Å². The van der Waals surface area contributed by atoms with Crippen LogP contribution in [0.15, 0.2) is 36.4 Å². The highest BCUT2D eigenvalue weighted by molar-refractivity contribution is 6.06. The van der Waals surface area contributed by atoms with E-state index in [9.17, 15) is 18.7 Å². The van der Waals surface area contributed by atoms with Crippen LogP contribution in [-0.4, -0.2) is 11.0 Å². The van der Waals surface area contributed by atoms with Gasteiger partial charge in [-0.1, -0.05) is 0 Å². The van der Waals surface area contributed by atoms with Crippen LogP contribution in [0.3, 0.4) is 0 Å². The highest BCUT2D eigenvalue weighted by atomic mass is 19.1. The predicted molar refractivity (Wildman–Crippen MR) is 67.2 cm³/mol. The molecule has 0 aromatic heterocycles. The van der Waals surface area contributed by atoms with Crippen LogP contribution in [-0.2, 0) is 0 Å². The molecule has 0 aliphatic carbocycles. The molecule has 0 heterocycles. The van der Waals surface area contributed by atoms with Crippen LogP contribution in [0.4, 0.5) is 14.5 Å². The summed E-state index contributed by atoms with van der Waals surface area (Å²) in [7, 11) is 0. The van der Waals surface area contributed by atoms with E-state index in [1.807, 2.05) is 0 Å². The molecular weight excluding hydrogens is 252 g/mol. The Labute approximate surface area is 108 Å². The van der Waals surface area contributed by atoms with Crippen LogP contribution in [0.1, 0.15) is 15.9 Å². The molecule has 0 spiro atoms. The first-order valence-corrected chi connectivity index (χ1v) is 5.53. The van der Waals surface area contributed by atoms with Crippen molar-refractivity contribution in [2.24, 2.45) is 0 Å². The molecule has 0 aliphatic heterocycles. The molecule has 0 aliphatic rings. The highest BCUT2D eigenvalue weighted by Crippen LogP contribution is 2.20. The molecule has 19 heavy (non-hydrogen) atoms. The van der Waals surface area contributed by atoms with Gasteiger partial charge in [0.05, 0.1) is 5.56 Å². The standard InChI is InChI=1S/C14H11F2NO2/c1-8-4-10(16)6-11(5-8)17-14(19)12-3-2-9(15)7-13(12)18/h2-7,18H,1H3,(H,17,19). The number of halogens is 2. The maximum Gasteiger partial charge on any atom is 0.259 e. The van der Waals surface area contributed by atoms with Crippen LogP contribution in [0.5, 0.6) is 5.75 Å².